The molecule has 1 aliphatic rings. The van der Waals surface area contributed by atoms with Gasteiger partial charge in [0.05, 0.1) is 21.7 Å². The van der Waals surface area contributed by atoms with Crippen molar-refractivity contribution >= 4 is 44.2 Å². The lowest BCUT2D eigenvalue weighted by atomic mass is 9.99. The second-order valence-electron chi connectivity index (χ2n) is 7.93. The highest BCUT2D eigenvalue weighted by molar-refractivity contribution is 7.89. The Bertz CT molecular complexity index is 1510. The zero-order valence-corrected chi connectivity index (χ0v) is 18.5. The number of rotatable bonds is 4. The van der Waals surface area contributed by atoms with Crippen LogP contribution >= 0.6 is 0 Å². The van der Waals surface area contributed by atoms with E-state index < -0.39 is 10.0 Å². The highest BCUT2D eigenvalue weighted by atomic mass is 32.2. The highest BCUT2D eigenvalue weighted by Gasteiger charge is 2.27. The summed E-state index contributed by atoms with van der Waals surface area (Å²) in [5.74, 6) is -0.255. The van der Waals surface area contributed by atoms with E-state index in [1.54, 1.807) is 0 Å². The standard InChI is InChI=1S/C26H21N3O3S/c27-33(31,32)20-13-11-19(12-14-20)28-26(30)24-21-8-4-5-9-23(21)29-25-18(10-15-22(24)25)16-17-6-2-1-3-7-17/h1-9,11-14,16H,10,15H2,(H,28,30)(H2,27,31,32)/b18-16+. The number of carbonyl (C=O) groups excluding carboxylic acids is 1. The van der Waals surface area contributed by atoms with Crippen LogP contribution in [0.4, 0.5) is 5.69 Å². The summed E-state index contributed by atoms with van der Waals surface area (Å²) >= 11 is 0. The van der Waals surface area contributed by atoms with Crippen LogP contribution in [0.1, 0.15) is 33.6 Å². The number of aromatic nitrogens is 1. The van der Waals surface area contributed by atoms with Crippen molar-refractivity contribution in [2.24, 2.45) is 5.14 Å². The molecule has 0 spiro atoms. The van der Waals surface area contributed by atoms with Gasteiger partial charge in [0.2, 0.25) is 10.0 Å². The van der Waals surface area contributed by atoms with Gasteiger partial charge in [-0.05, 0) is 65.9 Å². The van der Waals surface area contributed by atoms with E-state index in [4.69, 9.17) is 10.1 Å². The number of hydrogen-bond acceptors (Lipinski definition) is 4. The maximum absolute atomic E-state index is 13.4. The van der Waals surface area contributed by atoms with Crippen molar-refractivity contribution < 1.29 is 13.2 Å². The summed E-state index contributed by atoms with van der Waals surface area (Å²) in [7, 11) is -3.80. The van der Waals surface area contributed by atoms with Gasteiger partial charge in [-0.2, -0.15) is 0 Å². The van der Waals surface area contributed by atoms with Gasteiger partial charge in [-0.1, -0.05) is 48.5 Å². The highest BCUT2D eigenvalue weighted by Crippen LogP contribution is 2.37. The summed E-state index contributed by atoms with van der Waals surface area (Å²) in [5, 5.41) is 8.85. The molecule has 1 heterocycles. The Morgan fingerprint density at radius 3 is 2.33 bits per heavy atom. The summed E-state index contributed by atoms with van der Waals surface area (Å²) in [6.45, 7) is 0. The SMILES string of the molecule is NS(=O)(=O)c1ccc(NC(=O)c2c3c(nc4ccccc24)/C(=C/c2ccccc2)CC3)cc1. The van der Waals surface area contributed by atoms with E-state index in [1.165, 1.54) is 24.3 Å². The molecule has 33 heavy (non-hydrogen) atoms. The molecule has 1 aliphatic carbocycles. The number of carbonyl (C=O) groups is 1. The molecule has 0 unspecified atom stereocenters. The number of hydrogen-bond donors (Lipinski definition) is 2. The first-order chi connectivity index (χ1) is 15.9. The lowest BCUT2D eigenvalue weighted by Gasteiger charge is -2.13. The summed E-state index contributed by atoms with van der Waals surface area (Å²) in [4.78, 5) is 18.3. The molecule has 0 bridgehead atoms. The molecule has 0 saturated heterocycles. The van der Waals surface area contributed by atoms with Crippen molar-refractivity contribution in [3.8, 4) is 0 Å². The van der Waals surface area contributed by atoms with Gasteiger partial charge < -0.3 is 5.32 Å². The Hall–Kier alpha value is -3.81. The van der Waals surface area contributed by atoms with Crippen LogP contribution in [0.5, 0.6) is 0 Å². The lowest BCUT2D eigenvalue weighted by molar-refractivity contribution is 0.102. The van der Waals surface area contributed by atoms with Crippen molar-refractivity contribution in [1.29, 1.82) is 0 Å². The molecule has 0 radical (unpaired) electrons. The third kappa shape index (κ3) is 4.16. The van der Waals surface area contributed by atoms with Crippen LogP contribution in [0.15, 0.2) is 83.8 Å². The molecule has 0 saturated carbocycles. The number of amides is 1. The number of sulfonamides is 1. The average molecular weight is 456 g/mol. The van der Waals surface area contributed by atoms with Crippen molar-refractivity contribution in [1.82, 2.24) is 4.98 Å². The number of nitrogens with zero attached hydrogens (tertiary/aromatic N) is 1. The van der Waals surface area contributed by atoms with Crippen molar-refractivity contribution in [3.05, 3.63) is 101 Å². The molecule has 0 atom stereocenters. The third-order valence-electron chi connectivity index (χ3n) is 5.75. The number of benzene rings is 3. The Morgan fingerprint density at radius 2 is 1.61 bits per heavy atom. The lowest BCUT2D eigenvalue weighted by Crippen LogP contribution is -2.16. The van der Waals surface area contributed by atoms with Gasteiger partial charge in [0.15, 0.2) is 0 Å². The van der Waals surface area contributed by atoms with E-state index >= 15 is 0 Å². The number of anilines is 1. The van der Waals surface area contributed by atoms with E-state index in [-0.39, 0.29) is 10.8 Å². The molecule has 1 aromatic heterocycles. The van der Waals surface area contributed by atoms with Crippen LogP contribution in [-0.4, -0.2) is 19.3 Å². The summed E-state index contributed by atoms with van der Waals surface area (Å²) < 4.78 is 23.0. The van der Waals surface area contributed by atoms with Gasteiger partial charge in [0, 0.05) is 11.1 Å². The number of nitrogens with one attached hydrogen (secondary N) is 1. The van der Waals surface area contributed by atoms with E-state index in [0.29, 0.717) is 11.3 Å². The first kappa shape index (κ1) is 21.1. The maximum atomic E-state index is 13.4. The molecule has 0 fully saturated rings. The van der Waals surface area contributed by atoms with E-state index in [1.807, 2.05) is 54.6 Å². The molecule has 7 heteroatoms. The third-order valence-corrected chi connectivity index (χ3v) is 6.68. The number of nitrogens with two attached hydrogens (primary N) is 1. The number of pyridine rings is 1. The van der Waals surface area contributed by atoms with Gasteiger partial charge in [0.25, 0.3) is 5.91 Å². The molecule has 0 aliphatic heterocycles. The van der Waals surface area contributed by atoms with Crippen molar-refractivity contribution in [3.63, 3.8) is 0 Å². The first-order valence-corrected chi connectivity index (χ1v) is 12.1. The molecule has 164 valence electrons. The smallest absolute Gasteiger partial charge is 0.256 e. The first-order valence-electron chi connectivity index (χ1n) is 10.5. The minimum atomic E-state index is -3.80. The number of para-hydroxylation sites is 1. The molecule has 3 aromatic carbocycles. The normalized spacial score (nSPS) is 14.4. The minimum absolute atomic E-state index is 0.00792. The van der Waals surface area contributed by atoms with Crippen molar-refractivity contribution in [2.75, 3.05) is 5.32 Å². The van der Waals surface area contributed by atoms with Gasteiger partial charge in [0.1, 0.15) is 0 Å². The summed E-state index contributed by atoms with van der Waals surface area (Å²) in [6, 6.07) is 23.5. The van der Waals surface area contributed by atoms with Crippen LogP contribution in [0, 0.1) is 0 Å². The Labute approximate surface area is 191 Å². The van der Waals surface area contributed by atoms with Gasteiger partial charge in [-0.25, -0.2) is 18.5 Å². The number of allylic oxidation sites excluding steroid dienone is 1. The maximum Gasteiger partial charge on any atom is 0.256 e. The second kappa shape index (κ2) is 8.27. The molecule has 1 amide bonds. The van der Waals surface area contributed by atoms with Crippen LogP contribution < -0.4 is 10.5 Å². The molecule has 3 N–H and O–H groups in total. The van der Waals surface area contributed by atoms with Gasteiger partial charge >= 0.3 is 0 Å². The number of primary sulfonamides is 1. The summed E-state index contributed by atoms with van der Waals surface area (Å²) in [6.07, 6.45) is 3.65. The molecular formula is C26H21N3O3S. The number of fused-ring (bicyclic) bond motifs is 2. The molecule has 4 aromatic rings. The largest absolute Gasteiger partial charge is 0.322 e. The second-order valence-corrected chi connectivity index (χ2v) is 9.50. The molecule has 6 nitrogen and oxygen atoms in total. The van der Waals surface area contributed by atoms with Gasteiger partial charge in [-0.3, -0.25) is 4.79 Å². The summed E-state index contributed by atoms with van der Waals surface area (Å²) in [5.41, 5.74) is 5.82. The zero-order chi connectivity index (χ0) is 23.0. The van der Waals surface area contributed by atoms with Gasteiger partial charge in [-0.15, -0.1) is 0 Å². The zero-order valence-electron chi connectivity index (χ0n) is 17.7. The van der Waals surface area contributed by atoms with Crippen LogP contribution in [0.3, 0.4) is 0 Å². The molecule has 5 rings (SSSR count). The fourth-order valence-electron chi connectivity index (χ4n) is 4.21. The predicted octanol–water partition coefficient (Wildman–Crippen LogP) is 4.62. The Kier molecular flexibility index (Phi) is 5.28. The topological polar surface area (TPSA) is 102 Å². The van der Waals surface area contributed by atoms with Crippen LogP contribution in [0.2, 0.25) is 0 Å². The van der Waals surface area contributed by atoms with Crippen LogP contribution in [-0.2, 0) is 16.4 Å². The average Bonchev–Trinajstić information content (AvgIpc) is 3.19. The Balaban J connectivity index is 1.57. The van der Waals surface area contributed by atoms with Crippen molar-refractivity contribution in [2.45, 2.75) is 17.7 Å². The minimum Gasteiger partial charge on any atom is -0.322 e. The predicted molar refractivity (Wildman–Crippen MR) is 130 cm³/mol. The van der Waals surface area contributed by atoms with E-state index in [0.717, 1.165) is 46.1 Å². The molecular weight excluding hydrogens is 434 g/mol. The quantitative estimate of drug-likeness (QED) is 0.469. The van der Waals surface area contributed by atoms with E-state index in [2.05, 4.69) is 11.4 Å². The fourth-order valence-corrected chi connectivity index (χ4v) is 4.73. The van der Waals surface area contributed by atoms with Crippen LogP contribution in [0.25, 0.3) is 22.6 Å². The Morgan fingerprint density at radius 1 is 0.909 bits per heavy atom. The van der Waals surface area contributed by atoms with E-state index in [9.17, 15) is 13.2 Å². The monoisotopic (exact) mass is 455 g/mol. The fraction of sp³-hybridized carbons (Fsp3) is 0.0769.